The van der Waals surface area contributed by atoms with Gasteiger partial charge in [0.25, 0.3) is 0 Å². The molecule has 4 rings (SSSR count). The van der Waals surface area contributed by atoms with E-state index in [-0.39, 0.29) is 10.6 Å². The lowest BCUT2D eigenvalue weighted by Crippen LogP contribution is -2.37. The van der Waals surface area contributed by atoms with E-state index in [0.717, 1.165) is 25.9 Å². The summed E-state index contributed by atoms with van der Waals surface area (Å²) in [5.41, 5.74) is 3.87. The fraction of sp³-hybridized carbons (Fsp3) is 0.368. The van der Waals surface area contributed by atoms with Crippen molar-refractivity contribution in [2.75, 3.05) is 20.1 Å². The Kier molecular flexibility index (Phi) is 3.50. The fourth-order valence-electron chi connectivity index (χ4n) is 3.75. The van der Waals surface area contributed by atoms with Crippen LogP contribution in [0.15, 0.2) is 48.5 Å². The molecule has 114 valence electrons. The van der Waals surface area contributed by atoms with Gasteiger partial charge in [-0.2, -0.15) is 0 Å². The number of fused-ring (bicyclic) bond motifs is 2. The van der Waals surface area contributed by atoms with Crippen molar-refractivity contribution in [3.63, 3.8) is 0 Å². The standard InChI is InChI=1S/C19H20FNS/c1-21-11-9-19(10-12-21)17-13-15(20)7-8-16(17)18(22-19)14-5-3-2-4-6-14/h2-8,13,18H,9-12H2,1H3/t18-/m0/s1. The van der Waals surface area contributed by atoms with Gasteiger partial charge in [-0.15, -0.1) is 11.8 Å². The first-order valence-electron chi connectivity index (χ1n) is 7.89. The van der Waals surface area contributed by atoms with Gasteiger partial charge in [0.05, 0.1) is 5.25 Å². The molecule has 2 aromatic carbocycles. The summed E-state index contributed by atoms with van der Waals surface area (Å²) in [5.74, 6) is -0.105. The average Bonchev–Trinajstić information content (AvgIpc) is 2.85. The van der Waals surface area contributed by atoms with Gasteiger partial charge in [0, 0.05) is 4.75 Å². The molecule has 0 amide bonds. The number of hydrogen-bond donors (Lipinski definition) is 0. The van der Waals surface area contributed by atoms with Crippen LogP contribution < -0.4 is 0 Å². The molecule has 1 saturated heterocycles. The van der Waals surface area contributed by atoms with Gasteiger partial charge < -0.3 is 4.90 Å². The van der Waals surface area contributed by atoms with Crippen molar-refractivity contribution in [1.82, 2.24) is 4.90 Å². The number of benzene rings is 2. The van der Waals surface area contributed by atoms with E-state index in [1.54, 1.807) is 12.1 Å². The molecule has 1 fully saturated rings. The van der Waals surface area contributed by atoms with Crippen molar-refractivity contribution in [1.29, 1.82) is 0 Å². The second-order valence-corrected chi connectivity index (χ2v) is 7.93. The van der Waals surface area contributed by atoms with E-state index in [4.69, 9.17) is 0 Å². The Labute approximate surface area is 135 Å². The summed E-state index contributed by atoms with van der Waals surface area (Å²) >= 11 is 2.03. The molecule has 2 aromatic rings. The normalized spacial score (nSPS) is 23.6. The van der Waals surface area contributed by atoms with Crippen molar-refractivity contribution in [2.45, 2.75) is 22.8 Å². The first-order valence-corrected chi connectivity index (χ1v) is 8.77. The molecular formula is C19H20FNS. The van der Waals surface area contributed by atoms with Gasteiger partial charge in [-0.3, -0.25) is 0 Å². The van der Waals surface area contributed by atoms with Crippen LogP contribution in [0, 0.1) is 5.82 Å². The SMILES string of the molecule is CN1CCC2(CC1)S[C@@H](c1ccccc1)c1ccc(F)cc12. The first-order chi connectivity index (χ1) is 10.7. The Hall–Kier alpha value is -1.32. The molecule has 0 aliphatic carbocycles. The van der Waals surface area contributed by atoms with E-state index in [1.807, 2.05) is 17.8 Å². The predicted octanol–water partition coefficient (Wildman–Crippen LogP) is 4.58. The van der Waals surface area contributed by atoms with Gasteiger partial charge in [-0.1, -0.05) is 36.4 Å². The minimum atomic E-state index is -0.105. The summed E-state index contributed by atoms with van der Waals surface area (Å²) in [6.07, 6.45) is 2.21. The van der Waals surface area contributed by atoms with E-state index in [1.165, 1.54) is 16.7 Å². The van der Waals surface area contributed by atoms with Gasteiger partial charge in [0.15, 0.2) is 0 Å². The summed E-state index contributed by atoms with van der Waals surface area (Å²) in [6, 6.07) is 16.0. The number of hydrogen-bond acceptors (Lipinski definition) is 2. The lowest BCUT2D eigenvalue weighted by molar-refractivity contribution is 0.241. The van der Waals surface area contributed by atoms with E-state index in [0.29, 0.717) is 5.25 Å². The Morgan fingerprint density at radius 1 is 1.09 bits per heavy atom. The molecule has 2 aliphatic heterocycles. The van der Waals surface area contributed by atoms with Crippen molar-refractivity contribution in [3.8, 4) is 0 Å². The van der Waals surface area contributed by atoms with Crippen LogP contribution in [0.1, 0.15) is 34.8 Å². The number of nitrogens with zero attached hydrogens (tertiary/aromatic N) is 1. The molecule has 2 aliphatic rings. The smallest absolute Gasteiger partial charge is 0.123 e. The molecule has 2 heterocycles. The van der Waals surface area contributed by atoms with Crippen LogP contribution in [0.2, 0.25) is 0 Å². The molecule has 0 unspecified atom stereocenters. The summed E-state index contributed by atoms with van der Waals surface area (Å²) in [5, 5.41) is 0.334. The highest BCUT2D eigenvalue weighted by Crippen LogP contribution is 2.61. The maximum Gasteiger partial charge on any atom is 0.123 e. The van der Waals surface area contributed by atoms with Crippen LogP contribution >= 0.6 is 11.8 Å². The van der Waals surface area contributed by atoms with E-state index < -0.39 is 0 Å². The number of halogens is 1. The van der Waals surface area contributed by atoms with Gasteiger partial charge in [0.2, 0.25) is 0 Å². The van der Waals surface area contributed by atoms with Crippen LogP contribution in [0.3, 0.4) is 0 Å². The number of piperidine rings is 1. The minimum Gasteiger partial charge on any atom is -0.306 e. The van der Waals surface area contributed by atoms with E-state index in [2.05, 4.69) is 42.3 Å². The second-order valence-electron chi connectivity index (χ2n) is 6.44. The van der Waals surface area contributed by atoms with Crippen LogP contribution in [0.4, 0.5) is 4.39 Å². The van der Waals surface area contributed by atoms with Crippen molar-refractivity contribution in [3.05, 3.63) is 71.0 Å². The fourth-order valence-corrected chi connectivity index (χ4v) is 5.55. The number of thioether (sulfide) groups is 1. The van der Waals surface area contributed by atoms with Gasteiger partial charge >= 0.3 is 0 Å². The minimum absolute atomic E-state index is 0.0877. The summed E-state index contributed by atoms with van der Waals surface area (Å²) in [6.45, 7) is 2.18. The van der Waals surface area contributed by atoms with Crippen molar-refractivity contribution < 1.29 is 4.39 Å². The zero-order valence-corrected chi connectivity index (χ0v) is 13.6. The van der Waals surface area contributed by atoms with Gasteiger partial charge in [-0.05, 0) is 61.8 Å². The third-order valence-corrected chi connectivity index (χ3v) is 6.87. The lowest BCUT2D eigenvalue weighted by atomic mass is 9.84. The molecular weight excluding hydrogens is 293 g/mol. The summed E-state index contributed by atoms with van der Waals surface area (Å²) in [7, 11) is 2.17. The van der Waals surface area contributed by atoms with Gasteiger partial charge in [-0.25, -0.2) is 4.39 Å². The van der Waals surface area contributed by atoms with Crippen LogP contribution in [-0.2, 0) is 4.75 Å². The zero-order chi connectivity index (χ0) is 15.2. The first kappa shape index (κ1) is 14.3. The molecule has 1 nitrogen and oxygen atoms in total. The zero-order valence-electron chi connectivity index (χ0n) is 12.8. The summed E-state index contributed by atoms with van der Waals surface area (Å²) < 4.78 is 14.0. The van der Waals surface area contributed by atoms with Gasteiger partial charge in [0.1, 0.15) is 5.82 Å². The number of rotatable bonds is 1. The average molecular weight is 313 g/mol. The Bertz CT molecular complexity index is 677. The molecule has 1 atom stereocenters. The monoisotopic (exact) mass is 313 g/mol. The molecule has 0 radical (unpaired) electrons. The highest BCUT2D eigenvalue weighted by atomic mass is 32.2. The highest BCUT2D eigenvalue weighted by molar-refractivity contribution is 8.01. The Morgan fingerprint density at radius 3 is 2.55 bits per heavy atom. The Balaban J connectivity index is 1.80. The third kappa shape index (κ3) is 2.27. The maximum absolute atomic E-state index is 13.9. The van der Waals surface area contributed by atoms with Crippen LogP contribution in [0.5, 0.6) is 0 Å². The molecule has 0 bridgehead atoms. The maximum atomic E-state index is 13.9. The predicted molar refractivity (Wildman–Crippen MR) is 90.7 cm³/mol. The second kappa shape index (κ2) is 5.39. The molecule has 0 saturated carbocycles. The topological polar surface area (TPSA) is 3.24 Å². The van der Waals surface area contributed by atoms with Crippen molar-refractivity contribution in [2.24, 2.45) is 0 Å². The largest absolute Gasteiger partial charge is 0.306 e. The Morgan fingerprint density at radius 2 is 1.82 bits per heavy atom. The lowest BCUT2D eigenvalue weighted by Gasteiger charge is -2.38. The van der Waals surface area contributed by atoms with E-state index >= 15 is 0 Å². The molecule has 1 spiro atoms. The van der Waals surface area contributed by atoms with Crippen LogP contribution in [-0.4, -0.2) is 25.0 Å². The molecule has 0 N–H and O–H groups in total. The highest BCUT2D eigenvalue weighted by Gasteiger charge is 2.46. The molecule has 0 aromatic heterocycles. The van der Waals surface area contributed by atoms with Crippen LogP contribution in [0.25, 0.3) is 0 Å². The summed E-state index contributed by atoms with van der Waals surface area (Å²) in [4.78, 5) is 2.38. The third-order valence-electron chi connectivity index (χ3n) is 5.03. The quantitative estimate of drug-likeness (QED) is 0.758. The van der Waals surface area contributed by atoms with Crippen molar-refractivity contribution >= 4 is 11.8 Å². The number of likely N-dealkylation sites (tertiary alicyclic amines) is 1. The molecule has 22 heavy (non-hydrogen) atoms. The van der Waals surface area contributed by atoms with E-state index in [9.17, 15) is 4.39 Å². The molecule has 3 heteroatoms.